The van der Waals surface area contributed by atoms with Crippen LogP contribution < -0.4 is 5.32 Å². The molecule has 1 amide bonds. The van der Waals surface area contributed by atoms with Crippen molar-refractivity contribution < 1.29 is 4.79 Å². The number of hydrogen-bond donors (Lipinski definition) is 1. The van der Waals surface area contributed by atoms with Crippen molar-refractivity contribution in [3.63, 3.8) is 0 Å². The zero-order valence-electron chi connectivity index (χ0n) is 11.4. The number of halogens is 1. The highest BCUT2D eigenvalue weighted by atomic mass is 79.9. The van der Waals surface area contributed by atoms with Crippen LogP contribution >= 0.6 is 15.9 Å². The maximum atomic E-state index is 12.3. The third-order valence-electron chi connectivity index (χ3n) is 3.76. The Kier molecular flexibility index (Phi) is 5.37. The number of carbonyl (C=O) groups excluding carboxylic acids is 1. The maximum Gasteiger partial charge on any atom is 0.228 e. The minimum atomic E-state index is 0.139. The molecule has 1 fully saturated rings. The topological polar surface area (TPSA) is 42.0 Å². The summed E-state index contributed by atoms with van der Waals surface area (Å²) in [5.74, 6) is 0.986. The smallest absolute Gasteiger partial charge is 0.228 e. The molecule has 1 heterocycles. The molecule has 1 aromatic rings. The molecule has 1 saturated carbocycles. The van der Waals surface area contributed by atoms with Gasteiger partial charge in [-0.1, -0.05) is 32.1 Å². The number of pyridine rings is 1. The number of nitrogens with zero attached hydrogens (tertiary/aromatic N) is 1. The quantitative estimate of drug-likeness (QED) is 0.873. The monoisotopic (exact) mass is 324 g/mol. The summed E-state index contributed by atoms with van der Waals surface area (Å²) in [5, 5.41) is 2.98. The highest BCUT2D eigenvalue weighted by Gasteiger charge is 2.20. The summed E-state index contributed by atoms with van der Waals surface area (Å²) in [7, 11) is 0. The standard InChI is InChI=1S/C15H21BrN2O/c1-11-9-13(16)10-17-14(11)18-15(19)12-7-5-3-2-4-6-8-12/h9-10,12H,2-8H2,1H3,(H,17,18,19). The lowest BCUT2D eigenvalue weighted by atomic mass is 9.90. The van der Waals surface area contributed by atoms with Gasteiger partial charge in [0.1, 0.15) is 5.82 Å². The molecule has 104 valence electrons. The normalized spacial score (nSPS) is 17.6. The fourth-order valence-electron chi connectivity index (χ4n) is 2.61. The van der Waals surface area contributed by atoms with Crippen LogP contribution in [-0.4, -0.2) is 10.9 Å². The highest BCUT2D eigenvalue weighted by Crippen LogP contribution is 2.24. The van der Waals surface area contributed by atoms with Gasteiger partial charge >= 0.3 is 0 Å². The molecule has 0 bridgehead atoms. The molecule has 3 nitrogen and oxygen atoms in total. The molecule has 0 radical (unpaired) electrons. The third kappa shape index (κ3) is 4.30. The highest BCUT2D eigenvalue weighted by molar-refractivity contribution is 9.10. The Morgan fingerprint density at radius 1 is 1.26 bits per heavy atom. The Morgan fingerprint density at radius 3 is 2.53 bits per heavy atom. The first-order valence-electron chi connectivity index (χ1n) is 7.10. The van der Waals surface area contributed by atoms with E-state index in [4.69, 9.17) is 0 Å². The first kappa shape index (κ1) is 14.5. The van der Waals surface area contributed by atoms with E-state index in [1.807, 2.05) is 13.0 Å². The van der Waals surface area contributed by atoms with E-state index in [0.717, 1.165) is 22.9 Å². The summed E-state index contributed by atoms with van der Waals surface area (Å²) in [6, 6.07) is 1.97. The number of amides is 1. The van der Waals surface area contributed by atoms with E-state index in [-0.39, 0.29) is 11.8 Å². The molecule has 1 aliphatic carbocycles. The fraction of sp³-hybridized carbons (Fsp3) is 0.600. The molecule has 0 spiro atoms. The zero-order chi connectivity index (χ0) is 13.7. The molecule has 1 aromatic heterocycles. The van der Waals surface area contributed by atoms with Crippen LogP contribution in [0, 0.1) is 12.8 Å². The van der Waals surface area contributed by atoms with Gasteiger partial charge in [-0.3, -0.25) is 4.79 Å². The third-order valence-corrected chi connectivity index (χ3v) is 4.20. The first-order valence-corrected chi connectivity index (χ1v) is 7.89. The number of nitrogens with one attached hydrogen (secondary N) is 1. The predicted octanol–water partition coefficient (Wildman–Crippen LogP) is 4.45. The molecule has 0 aliphatic heterocycles. The van der Waals surface area contributed by atoms with E-state index >= 15 is 0 Å². The largest absolute Gasteiger partial charge is 0.310 e. The molecule has 1 aliphatic rings. The molecule has 19 heavy (non-hydrogen) atoms. The minimum Gasteiger partial charge on any atom is -0.310 e. The molecular weight excluding hydrogens is 304 g/mol. The van der Waals surface area contributed by atoms with E-state index in [9.17, 15) is 4.79 Å². The lowest BCUT2D eigenvalue weighted by molar-refractivity contribution is -0.120. The Hall–Kier alpha value is -0.900. The van der Waals surface area contributed by atoms with Crippen LogP contribution in [0.15, 0.2) is 16.7 Å². The van der Waals surface area contributed by atoms with Crippen molar-refractivity contribution in [2.45, 2.75) is 51.9 Å². The van der Waals surface area contributed by atoms with E-state index in [2.05, 4.69) is 26.2 Å². The van der Waals surface area contributed by atoms with Crippen molar-refractivity contribution >= 4 is 27.7 Å². The van der Waals surface area contributed by atoms with Crippen molar-refractivity contribution in [2.24, 2.45) is 5.92 Å². The Labute approximate surface area is 123 Å². The second-order valence-corrected chi connectivity index (χ2v) is 6.27. The van der Waals surface area contributed by atoms with E-state index in [1.54, 1.807) is 6.20 Å². The average Bonchev–Trinajstić information content (AvgIpc) is 2.32. The van der Waals surface area contributed by atoms with Crippen molar-refractivity contribution in [1.82, 2.24) is 4.98 Å². The van der Waals surface area contributed by atoms with Gasteiger partial charge in [0.2, 0.25) is 5.91 Å². The van der Waals surface area contributed by atoms with Crippen LogP contribution in [0.3, 0.4) is 0 Å². The van der Waals surface area contributed by atoms with Crippen molar-refractivity contribution in [3.8, 4) is 0 Å². The van der Waals surface area contributed by atoms with Gasteiger partial charge in [0.15, 0.2) is 0 Å². The lowest BCUT2D eigenvalue weighted by Crippen LogP contribution is -2.24. The van der Waals surface area contributed by atoms with Crippen LogP contribution in [0.4, 0.5) is 5.82 Å². The summed E-state index contributed by atoms with van der Waals surface area (Å²) in [6.07, 6.45) is 9.94. The van der Waals surface area contributed by atoms with E-state index < -0.39 is 0 Å². The second kappa shape index (κ2) is 7.04. The number of rotatable bonds is 2. The Balaban J connectivity index is 1.98. The summed E-state index contributed by atoms with van der Waals surface area (Å²) < 4.78 is 0.939. The molecule has 4 heteroatoms. The van der Waals surface area contributed by atoms with Crippen LogP contribution in [0.5, 0.6) is 0 Å². The van der Waals surface area contributed by atoms with Crippen molar-refractivity contribution in [2.75, 3.05) is 5.32 Å². The van der Waals surface area contributed by atoms with Gasteiger partial charge in [0.05, 0.1) is 0 Å². The summed E-state index contributed by atoms with van der Waals surface area (Å²) in [6.45, 7) is 1.96. The molecule has 0 saturated heterocycles. The van der Waals surface area contributed by atoms with Gasteiger partial charge < -0.3 is 5.32 Å². The van der Waals surface area contributed by atoms with Gasteiger partial charge in [-0.25, -0.2) is 4.98 Å². The fourth-order valence-corrected chi connectivity index (χ4v) is 3.05. The van der Waals surface area contributed by atoms with Crippen LogP contribution in [0.2, 0.25) is 0 Å². The lowest BCUT2D eigenvalue weighted by Gasteiger charge is -2.19. The van der Waals surface area contributed by atoms with Crippen LogP contribution in [-0.2, 0) is 4.79 Å². The molecule has 1 N–H and O–H groups in total. The number of aromatic nitrogens is 1. The number of aryl methyl sites for hydroxylation is 1. The SMILES string of the molecule is Cc1cc(Br)cnc1NC(=O)C1CCCCCCC1. The summed E-state index contributed by atoms with van der Waals surface area (Å²) >= 11 is 3.38. The summed E-state index contributed by atoms with van der Waals surface area (Å²) in [5.41, 5.74) is 0.994. The minimum absolute atomic E-state index is 0.139. The van der Waals surface area contributed by atoms with Crippen LogP contribution in [0.25, 0.3) is 0 Å². The molecule has 2 rings (SSSR count). The van der Waals surface area contributed by atoms with Crippen molar-refractivity contribution in [3.05, 3.63) is 22.3 Å². The van der Waals surface area contributed by atoms with Gasteiger partial charge in [-0.15, -0.1) is 0 Å². The van der Waals surface area contributed by atoms with Crippen molar-refractivity contribution in [1.29, 1.82) is 0 Å². The number of carbonyl (C=O) groups is 1. The Morgan fingerprint density at radius 2 is 1.89 bits per heavy atom. The van der Waals surface area contributed by atoms with Gasteiger partial charge in [0.25, 0.3) is 0 Å². The van der Waals surface area contributed by atoms with Gasteiger partial charge in [-0.05, 0) is 47.3 Å². The molecule has 0 unspecified atom stereocenters. The molecule has 0 atom stereocenters. The second-order valence-electron chi connectivity index (χ2n) is 5.35. The van der Waals surface area contributed by atoms with Gasteiger partial charge in [-0.2, -0.15) is 0 Å². The number of hydrogen-bond acceptors (Lipinski definition) is 2. The molecule has 0 aromatic carbocycles. The zero-order valence-corrected chi connectivity index (χ0v) is 13.0. The van der Waals surface area contributed by atoms with Gasteiger partial charge in [0, 0.05) is 16.6 Å². The first-order chi connectivity index (χ1) is 9.16. The average molecular weight is 325 g/mol. The maximum absolute atomic E-state index is 12.3. The molecular formula is C15H21BrN2O. The van der Waals surface area contributed by atoms with Crippen LogP contribution in [0.1, 0.15) is 50.5 Å². The van der Waals surface area contributed by atoms with E-state index in [0.29, 0.717) is 5.82 Å². The Bertz CT molecular complexity index is 440. The van der Waals surface area contributed by atoms with E-state index in [1.165, 1.54) is 32.1 Å². The number of anilines is 1. The summed E-state index contributed by atoms with van der Waals surface area (Å²) in [4.78, 5) is 16.6. The predicted molar refractivity (Wildman–Crippen MR) is 81.1 cm³/mol.